The van der Waals surface area contributed by atoms with Gasteiger partial charge in [-0.25, -0.2) is 4.98 Å². The number of aromatic nitrogens is 2. The van der Waals surface area contributed by atoms with E-state index in [9.17, 15) is 0 Å². The number of para-hydroxylation sites is 1. The van der Waals surface area contributed by atoms with Crippen molar-refractivity contribution in [3.8, 4) is 0 Å². The van der Waals surface area contributed by atoms with Gasteiger partial charge in [0.05, 0.1) is 0 Å². The fraction of sp³-hybridized carbons (Fsp3) is 0.273. The predicted molar refractivity (Wildman–Crippen MR) is 109 cm³/mol. The summed E-state index contributed by atoms with van der Waals surface area (Å²) in [6.45, 7) is 7.07. The van der Waals surface area contributed by atoms with E-state index in [4.69, 9.17) is 4.98 Å². The Morgan fingerprint density at radius 1 is 0.962 bits per heavy atom. The van der Waals surface area contributed by atoms with Crippen molar-refractivity contribution in [2.45, 2.75) is 33.7 Å². The molecule has 134 valence electrons. The topological polar surface area (TPSA) is 41.1 Å². The lowest BCUT2D eigenvalue weighted by atomic mass is 10.1. The second kappa shape index (κ2) is 8.00. The van der Waals surface area contributed by atoms with Crippen LogP contribution < -0.4 is 10.2 Å². The Hall–Kier alpha value is -2.88. The maximum atomic E-state index is 4.75. The second-order valence-corrected chi connectivity index (χ2v) is 6.62. The van der Waals surface area contributed by atoms with E-state index >= 15 is 0 Å². The summed E-state index contributed by atoms with van der Waals surface area (Å²) in [4.78, 5) is 11.4. The molecule has 0 aliphatic rings. The summed E-state index contributed by atoms with van der Waals surface area (Å²) < 4.78 is 0. The Balaban J connectivity index is 1.86. The van der Waals surface area contributed by atoms with Crippen molar-refractivity contribution in [2.75, 3.05) is 17.3 Å². The van der Waals surface area contributed by atoms with Crippen molar-refractivity contribution in [3.63, 3.8) is 0 Å². The van der Waals surface area contributed by atoms with Crippen LogP contribution in [-0.4, -0.2) is 17.0 Å². The Bertz CT molecular complexity index is 875. The highest BCUT2D eigenvalue weighted by Crippen LogP contribution is 2.25. The molecule has 0 saturated carbocycles. The number of benzene rings is 2. The molecule has 1 aromatic heterocycles. The summed E-state index contributed by atoms with van der Waals surface area (Å²) >= 11 is 0. The number of hydrogen-bond donors (Lipinski definition) is 1. The molecule has 0 amide bonds. The zero-order valence-corrected chi connectivity index (χ0v) is 16.0. The SMILES string of the molecule is CCc1cccc(C)c1Nc1cc(C)nc(N(C)Cc2ccccc2)n1. The van der Waals surface area contributed by atoms with Crippen LogP contribution in [0.3, 0.4) is 0 Å². The van der Waals surface area contributed by atoms with Crippen LogP contribution in [0.25, 0.3) is 0 Å². The van der Waals surface area contributed by atoms with Gasteiger partial charge in [-0.2, -0.15) is 4.98 Å². The molecule has 3 rings (SSSR count). The standard InChI is InChI=1S/C22H26N4/c1-5-19-13-9-10-16(2)21(19)24-20-14-17(3)23-22(25-20)26(4)15-18-11-7-6-8-12-18/h6-14H,5,15H2,1-4H3,(H,23,24,25). The van der Waals surface area contributed by atoms with E-state index < -0.39 is 0 Å². The lowest BCUT2D eigenvalue weighted by Crippen LogP contribution is -2.20. The van der Waals surface area contributed by atoms with Crippen molar-refractivity contribution < 1.29 is 0 Å². The van der Waals surface area contributed by atoms with Gasteiger partial charge in [-0.05, 0) is 37.0 Å². The van der Waals surface area contributed by atoms with E-state index in [1.54, 1.807) is 0 Å². The first-order valence-electron chi connectivity index (χ1n) is 9.03. The van der Waals surface area contributed by atoms with Gasteiger partial charge in [0.1, 0.15) is 5.82 Å². The van der Waals surface area contributed by atoms with Gasteiger partial charge in [-0.1, -0.05) is 55.5 Å². The van der Waals surface area contributed by atoms with Crippen molar-refractivity contribution in [3.05, 3.63) is 77.0 Å². The number of anilines is 3. The summed E-state index contributed by atoms with van der Waals surface area (Å²) in [5.41, 5.74) is 5.84. The smallest absolute Gasteiger partial charge is 0.227 e. The lowest BCUT2D eigenvalue weighted by Gasteiger charge is -2.19. The quantitative estimate of drug-likeness (QED) is 0.679. The molecule has 2 aromatic carbocycles. The average molecular weight is 346 g/mol. The van der Waals surface area contributed by atoms with Gasteiger partial charge in [0, 0.05) is 31.0 Å². The van der Waals surface area contributed by atoms with Crippen molar-refractivity contribution in [2.24, 2.45) is 0 Å². The fourth-order valence-corrected chi connectivity index (χ4v) is 3.05. The Kier molecular flexibility index (Phi) is 5.52. The van der Waals surface area contributed by atoms with Crippen LogP contribution in [0.4, 0.5) is 17.5 Å². The van der Waals surface area contributed by atoms with Crippen LogP contribution in [0, 0.1) is 13.8 Å². The zero-order chi connectivity index (χ0) is 18.5. The highest BCUT2D eigenvalue weighted by Gasteiger charge is 2.10. The summed E-state index contributed by atoms with van der Waals surface area (Å²) in [5, 5.41) is 3.51. The molecule has 0 aliphatic carbocycles. The maximum Gasteiger partial charge on any atom is 0.227 e. The van der Waals surface area contributed by atoms with Gasteiger partial charge >= 0.3 is 0 Å². The second-order valence-electron chi connectivity index (χ2n) is 6.62. The third-order valence-corrected chi connectivity index (χ3v) is 4.44. The Morgan fingerprint density at radius 3 is 2.46 bits per heavy atom. The third-order valence-electron chi connectivity index (χ3n) is 4.44. The Morgan fingerprint density at radius 2 is 1.73 bits per heavy atom. The number of hydrogen-bond acceptors (Lipinski definition) is 4. The number of aryl methyl sites for hydroxylation is 3. The van der Waals surface area contributed by atoms with E-state index in [0.29, 0.717) is 0 Å². The molecule has 3 aromatic rings. The molecule has 4 heteroatoms. The molecule has 0 radical (unpaired) electrons. The first-order valence-corrected chi connectivity index (χ1v) is 9.03. The predicted octanol–water partition coefficient (Wildman–Crippen LogP) is 5.04. The maximum absolute atomic E-state index is 4.75. The first kappa shape index (κ1) is 17.9. The van der Waals surface area contributed by atoms with Gasteiger partial charge in [-0.15, -0.1) is 0 Å². The zero-order valence-electron chi connectivity index (χ0n) is 16.0. The molecular formula is C22H26N4. The van der Waals surface area contributed by atoms with Gasteiger partial charge in [0.25, 0.3) is 0 Å². The molecule has 0 fully saturated rings. The van der Waals surface area contributed by atoms with Crippen molar-refractivity contribution >= 4 is 17.5 Å². The minimum absolute atomic E-state index is 0.725. The van der Waals surface area contributed by atoms with Gasteiger partial charge in [0.15, 0.2) is 0 Å². The molecule has 0 aliphatic heterocycles. The van der Waals surface area contributed by atoms with Crippen molar-refractivity contribution in [1.82, 2.24) is 9.97 Å². The Labute approximate surface area is 155 Å². The number of nitrogens with zero attached hydrogens (tertiary/aromatic N) is 3. The largest absolute Gasteiger partial charge is 0.340 e. The molecule has 1 N–H and O–H groups in total. The fourth-order valence-electron chi connectivity index (χ4n) is 3.05. The lowest BCUT2D eigenvalue weighted by molar-refractivity contribution is 0.861. The van der Waals surface area contributed by atoms with Crippen LogP contribution in [0.2, 0.25) is 0 Å². The minimum Gasteiger partial charge on any atom is -0.340 e. The highest BCUT2D eigenvalue weighted by atomic mass is 15.2. The van der Waals surface area contributed by atoms with Crippen LogP contribution in [0.15, 0.2) is 54.6 Å². The molecule has 0 spiro atoms. The van der Waals surface area contributed by atoms with E-state index in [-0.39, 0.29) is 0 Å². The molecule has 0 saturated heterocycles. The molecule has 26 heavy (non-hydrogen) atoms. The van der Waals surface area contributed by atoms with Gasteiger partial charge in [0.2, 0.25) is 5.95 Å². The van der Waals surface area contributed by atoms with Crippen LogP contribution in [-0.2, 0) is 13.0 Å². The van der Waals surface area contributed by atoms with Crippen LogP contribution >= 0.6 is 0 Å². The van der Waals surface area contributed by atoms with E-state index in [1.165, 1.54) is 16.7 Å². The molecule has 0 bridgehead atoms. The summed E-state index contributed by atoms with van der Waals surface area (Å²) in [6.07, 6.45) is 0.981. The minimum atomic E-state index is 0.725. The summed E-state index contributed by atoms with van der Waals surface area (Å²) in [5.74, 6) is 1.55. The summed E-state index contributed by atoms with van der Waals surface area (Å²) in [7, 11) is 2.02. The molecular weight excluding hydrogens is 320 g/mol. The van der Waals surface area contributed by atoms with Gasteiger partial charge < -0.3 is 10.2 Å². The third kappa shape index (κ3) is 4.20. The van der Waals surface area contributed by atoms with Gasteiger partial charge in [-0.3, -0.25) is 0 Å². The summed E-state index contributed by atoms with van der Waals surface area (Å²) in [6, 6.07) is 18.7. The molecule has 4 nitrogen and oxygen atoms in total. The van der Waals surface area contributed by atoms with E-state index in [2.05, 4.69) is 71.5 Å². The average Bonchev–Trinajstić information content (AvgIpc) is 2.64. The van der Waals surface area contributed by atoms with E-state index in [1.807, 2.05) is 26.1 Å². The number of rotatable bonds is 6. The molecule has 1 heterocycles. The van der Waals surface area contributed by atoms with Crippen molar-refractivity contribution in [1.29, 1.82) is 0 Å². The highest BCUT2D eigenvalue weighted by molar-refractivity contribution is 5.65. The van der Waals surface area contributed by atoms with Crippen LogP contribution in [0.5, 0.6) is 0 Å². The monoisotopic (exact) mass is 346 g/mol. The number of nitrogens with one attached hydrogen (secondary N) is 1. The molecule has 0 unspecified atom stereocenters. The van der Waals surface area contributed by atoms with Crippen LogP contribution in [0.1, 0.15) is 29.3 Å². The van der Waals surface area contributed by atoms with E-state index in [0.717, 1.165) is 36.1 Å². The molecule has 0 atom stereocenters. The first-order chi connectivity index (χ1) is 12.6. The normalized spacial score (nSPS) is 10.6.